The van der Waals surface area contributed by atoms with E-state index in [0.717, 1.165) is 17.6 Å². The van der Waals surface area contributed by atoms with Gasteiger partial charge in [-0.25, -0.2) is 0 Å². The molecule has 0 aliphatic heterocycles. The Hall–Kier alpha value is -1.77. The van der Waals surface area contributed by atoms with Crippen LogP contribution in [0.25, 0.3) is 10.9 Å². The van der Waals surface area contributed by atoms with Gasteiger partial charge in [0.25, 0.3) is 0 Å². The molecule has 84 valence electrons. The normalized spacial score (nSPS) is 10.9. The highest BCUT2D eigenvalue weighted by Gasteiger charge is 2.06. The van der Waals surface area contributed by atoms with Crippen LogP contribution in [-0.4, -0.2) is 15.6 Å². The van der Waals surface area contributed by atoms with Crippen LogP contribution in [-0.2, 0) is 17.8 Å². The van der Waals surface area contributed by atoms with Crippen molar-refractivity contribution in [1.82, 2.24) is 4.57 Å². The fraction of sp³-hybridized carbons (Fsp3) is 0.308. The van der Waals surface area contributed by atoms with E-state index >= 15 is 0 Å². The Bertz CT molecular complexity index is 540. The second-order valence-corrected chi connectivity index (χ2v) is 3.99. The first-order chi connectivity index (χ1) is 7.61. The highest BCUT2D eigenvalue weighted by Crippen LogP contribution is 2.21. The zero-order valence-corrected chi connectivity index (χ0v) is 9.53. The van der Waals surface area contributed by atoms with E-state index in [1.807, 2.05) is 18.2 Å². The zero-order chi connectivity index (χ0) is 11.7. The van der Waals surface area contributed by atoms with Crippen LogP contribution in [0.2, 0.25) is 0 Å². The number of carboxylic acids is 1. The number of nitrogens with zero attached hydrogens (tertiary/aromatic N) is 1. The molecular formula is C13H15NO2. The van der Waals surface area contributed by atoms with E-state index in [4.69, 9.17) is 5.11 Å². The molecule has 0 aliphatic carbocycles. The van der Waals surface area contributed by atoms with Gasteiger partial charge in [-0.2, -0.15) is 0 Å². The number of hydrogen-bond donors (Lipinski definition) is 1. The molecule has 0 aliphatic rings. The van der Waals surface area contributed by atoms with Crippen LogP contribution in [0.3, 0.4) is 0 Å². The maximum absolute atomic E-state index is 10.7. The van der Waals surface area contributed by atoms with Crippen LogP contribution < -0.4 is 0 Å². The van der Waals surface area contributed by atoms with Crippen LogP contribution in [0.15, 0.2) is 24.3 Å². The molecule has 1 aromatic carbocycles. The number of aromatic nitrogens is 1. The molecule has 2 aromatic rings. The van der Waals surface area contributed by atoms with E-state index in [9.17, 15) is 4.79 Å². The first kappa shape index (κ1) is 10.7. The lowest BCUT2D eigenvalue weighted by molar-refractivity contribution is -0.136. The topological polar surface area (TPSA) is 42.2 Å². The third kappa shape index (κ3) is 1.81. The van der Waals surface area contributed by atoms with Gasteiger partial charge in [0.1, 0.15) is 0 Å². The summed E-state index contributed by atoms with van der Waals surface area (Å²) in [4.78, 5) is 10.7. The second kappa shape index (κ2) is 4.00. The van der Waals surface area contributed by atoms with Crippen LogP contribution in [0.5, 0.6) is 0 Å². The van der Waals surface area contributed by atoms with Gasteiger partial charge in [0.15, 0.2) is 0 Å². The predicted octanol–water partition coefficient (Wildman–Crippen LogP) is 2.60. The van der Waals surface area contributed by atoms with Crippen molar-refractivity contribution in [1.29, 1.82) is 0 Å². The Morgan fingerprint density at radius 1 is 1.38 bits per heavy atom. The Kier molecular flexibility index (Phi) is 2.69. The van der Waals surface area contributed by atoms with Gasteiger partial charge in [0.2, 0.25) is 0 Å². The Morgan fingerprint density at radius 3 is 2.75 bits per heavy atom. The highest BCUT2D eigenvalue weighted by molar-refractivity contribution is 5.83. The second-order valence-electron chi connectivity index (χ2n) is 3.99. The molecule has 0 fully saturated rings. The van der Waals surface area contributed by atoms with Crippen molar-refractivity contribution >= 4 is 16.9 Å². The first-order valence-corrected chi connectivity index (χ1v) is 5.42. The minimum atomic E-state index is -0.786. The number of carboxylic acid groups (broad SMARTS) is 1. The van der Waals surface area contributed by atoms with Crippen molar-refractivity contribution in [2.75, 3.05) is 0 Å². The number of aryl methyl sites for hydroxylation is 2. The maximum Gasteiger partial charge on any atom is 0.307 e. The summed E-state index contributed by atoms with van der Waals surface area (Å²) in [5.74, 6) is -0.786. The molecule has 0 atom stereocenters. The summed E-state index contributed by atoms with van der Waals surface area (Å²) < 4.78 is 2.20. The number of fused-ring (bicyclic) bond motifs is 1. The molecule has 0 amide bonds. The maximum atomic E-state index is 10.7. The monoisotopic (exact) mass is 217 g/mol. The number of carbonyl (C=O) groups is 1. The van der Waals surface area contributed by atoms with E-state index in [-0.39, 0.29) is 6.42 Å². The van der Waals surface area contributed by atoms with Crippen LogP contribution in [0.1, 0.15) is 18.2 Å². The van der Waals surface area contributed by atoms with E-state index in [1.165, 1.54) is 11.1 Å². The van der Waals surface area contributed by atoms with E-state index in [0.29, 0.717) is 0 Å². The van der Waals surface area contributed by atoms with Crippen molar-refractivity contribution in [2.24, 2.45) is 0 Å². The minimum Gasteiger partial charge on any atom is -0.481 e. The molecule has 1 aromatic heterocycles. The lowest BCUT2D eigenvalue weighted by Crippen LogP contribution is -2.01. The molecule has 2 rings (SSSR count). The van der Waals surface area contributed by atoms with Crippen molar-refractivity contribution in [3.8, 4) is 0 Å². The number of rotatable bonds is 3. The van der Waals surface area contributed by atoms with E-state index in [1.54, 1.807) is 0 Å². The molecule has 3 nitrogen and oxygen atoms in total. The quantitative estimate of drug-likeness (QED) is 0.858. The van der Waals surface area contributed by atoms with Gasteiger partial charge < -0.3 is 9.67 Å². The third-order valence-corrected chi connectivity index (χ3v) is 2.85. The lowest BCUT2D eigenvalue weighted by atomic mass is 10.1. The van der Waals surface area contributed by atoms with Crippen molar-refractivity contribution in [2.45, 2.75) is 26.8 Å². The van der Waals surface area contributed by atoms with Gasteiger partial charge in [-0.05, 0) is 36.9 Å². The third-order valence-electron chi connectivity index (χ3n) is 2.85. The summed E-state index contributed by atoms with van der Waals surface area (Å²) in [5.41, 5.74) is 3.19. The molecule has 0 saturated heterocycles. The van der Waals surface area contributed by atoms with Gasteiger partial charge in [-0.15, -0.1) is 0 Å². The summed E-state index contributed by atoms with van der Waals surface area (Å²) in [6.07, 6.45) is 0.0872. The molecule has 1 heterocycles. The Morgan fingerprint density at radius 2 is 2.12 bits per heavy atom. The Balaban J connectivity index is 2.54. The molecule has 1 N–H and O–H groups in total. The van der Waals surface area contributed by atoms with Gasteiger partial charge in [-0.3, -0.25) is 4.79 Å². The average molecular weight is 217 g/mol. The smallest absolute Gasteiger partial charge is 0.307 e. The summed E-state index contributed by atoms with van der Waals surface area (Å²) in [7, 11) is 0. The minimum absolute atomic E-state index is 0.0872. The van der Waals surface area contributed by atoms with Crippen LogP contribution in [0, 0.1) is 6.92 Å². The lowest BCUT2D eigenvalue weighted by Gasteiger charge is -2.05. The van der Waals surface area contributed by atoms with Gasteiger partial charge >= 0.3 is 5.97 Å². The van der Waals surface area contributed by atoms with E-state index in [2.05, 4.69) is 24.5 Å². The summed E-state index contributed by atoms with van der Waals surface area (Å²) in [5, 5.41) is 9.94. The van der Waals surface area contributed by atoms with Gasteiger partial charge in [0.05, 0.1) is 6.42 Å². The predicted molar refractivity (Wildman–Crippen MR) is 63.7 cm³/mol. The van der Waals surface area contributed by atoms with Crippen LogP contribution in [0.4, 0.5) is 0 Å². The van der Waals surface area contributed by atoms with Crippen molar-refractivity contribution in [3.05, 3.63) is 35.5 Å². The van der Waals surface area contributed by atoms with E-state index < -0.39 is 5.97 Å². The van der Waals surface area contributed by atoms with Gasteiger partial charge in [-0.1, -0.05) is 12.1 Å². The van der Waals surface area contributed by atoms with Gasteiger partial charge in [0, 0.05) is 17.8 Å². The molecule has 0 radical (unpaired) electrons. The standard InChI is InChI=1S/C13H15NO2/c1-3-14-9(2)6-11-5-4-10(7-12(11)14)8-13(15)16/h4-7H,3,8H2,1-2H3,(H,15,16). The van der Waals surface area contributed by atoms with Crippen molar-refractivity contribution in [3.63, 3.8) is 0 Å². The summed E-state index contributed by atoms with van der Waals surface area (Å²) in [6, 6.07) is 7.98. The highest BCUT2D eigenvalue weighted by atomic mass is 16.4. The molecule has 0 saturated carbocycles. The molecular weight excluding hydrogens is 202 g/mol. The fourth-order valence-electron chi connectivity index (χ4n) is 2.14. The average Bonchev–Trinajstić information content (AvgIpc) is 2.52. The van der Waals surface area contributed by atoms with Crippen molar-refractivity contribution < 1.29 is 9.90 Å². The fourth-order valence-corrected chi connectivity index (χ4v) is 2.14. The molecule has 0 unspecified atom stereocenters. The Labute approximate surface area is 94.3 Å². The molecule has 0 spiro atoms. The zero-order valence-electron chi connectivity index (χ0n) is 9.53. The molecule has 16 heavy (non-hydrogen) atoms. The first-order valence-electron chi connectivity index (χ1n) is 5.42. The largest absolute Gasteiger partial charge is 0.481 e. The number of aliphatic carboxylic acids is 1. The SMILES string of the molecule is CCn1c(C)cc2ccc(CC(=O)O)cc21. The van der Waals surface area contributed by atoms with Crippen LogP contribution >= 0.6 is 0 Å². The molecule has 0 bridgehead atoms. The summed E-state index contributed by atoms with van der Waals surface area (Å²) in [6.45, 7) is 5.07. The number of benzene rings is 1. The number of hydrogen-bond acceptors (Lipinski definition) is 1. The summed E-state index contributed by atoms with van der Waals surface area (Å²) >= 11 is 0. The molecule has 3 heteroatoms.